The number of nitrogen functional groups attached to an aromatic ring is 1. The van der Waals surface area contributed by atoms with Crippen molar-refractivity contribution >= 4 is 54.7 Å². The predicted molar refractivity (Wildman–Crippen MR) is 235 cm³/mol. The quantitative estimate of drug-likeness (QED) is 0.0676. The molecule has 6 N–H and O–H groups in total. The van der Waals surface area contributed by atoms with Gasteiger partial charge in [-0.25, -0.2) is 4.79 Å². The number of Topliss-reactive ketones (excluding diaryl/α,β-unsaturated/α-hetero) is 1. The number of anilines is 1. The van der Waals surface area contributed by atoms with Gasteiger partial charge in [-0.1, -0.05) is 72.8 Å². The third-order valence-corrected chi connectivity index (χ3v) is 9.42. The van der Waals surface area contributed by atoms with Crippen LogP contribution in [-0.4, -0.2) is 64.4 Å². The Labute approximate surface area is 359 Å². The molecule has 0 unspecified atom stereocenters. The van der Waals surface area contributed by atoms with Crippen LogP contribution in [0.5, 0.6) is 0 Å². The number of alkyl carbamates (subject to hydrolysis) is 1. The van der Waals surface area contributed by atoms with E-state index in [9.17, 15) is 29.2 Å². The van der Waals surface area contributed by atoms with Crippen molar-refractivity contribution in [1.29, 1.82) is 0 Å². The fraction of sp³-hybridized carbons (Fsp3) is 0.391. The summed E-state index contributed by atoms with van der Waals surface area (Å²) >= 11 is 0. The number of ether oxygens (including phenoxy) is 2. The molecule has 0 atom stereocenters. The first-order valence-corrected chi connectivity index (χ1v) is 20.4. The van der Waals surface area contributed by atoms with E-state index in [2.05, 4.69) is 5.32 Å². The summed E-state index contributed by atoms with van der Waals surface area (Å²) in [5, 5.41) is 30.8. The van der Waals surface area contributed by atoms with Gasteiger partial charge in [-0.3, -0.25) is 14.4 Å². The van der Waals surface area contributed by atoms with Gasteiger partial charge >= 0.3 is 32.3 Å². The number of amides is 1. The van der Waals surface area contributed by atoms with Crippen LogP contribution in [0, 0.1) is 0 Å². The van der Waals surface area contributed by atoms with Crippen molar-refractivity contribution in [3.8, 4) is 0 Å². The smallest absolute Gasteiger partial charge is 0.481 e. The number of ketones is 1. The Hall–Kier alpha value is -5.47. The summed E-state index contributed by atoms with van der Waals surface area (Å²) in [6, 6.07) is 26.6. The van der Waals surface area contributed by atoms with Gasteiger partial charge in [0.15, 0.2) is 0 Å². The van der Waals surface area contributed by atoms with E-state index in [0.29, 0.717) is 64.0 Å². The summed E-state index contributed by atoms with van der Waals surface area (Å²) in [6.45, 7) is 12.3. The van der Waals surface area contributed by atoms with Crippen LogP contribution in [-0.2, 0) is 78.6 Å². The van der Waals surface area contributed by atoms with Crippen LogP contribution in [0.3, 0.4) is 0 Å². The Morgan fingerprint density at radius 1 is 0.656 bits per heavy atom. The van der Waals surface area contributed by atoms with E-state index in [0.717, 1.165) is 49.9 Å². The summed E-state index contributed by atoms with van der Waals surface area (Å²) in [4.78, 5) is 46.1. The number of carbonyl (C=O) groups excluding carboxylic acids is 3. The SMILES string of the molecule is CC(C)(C)OC(=O)CCc1ccc(CC(=O)CCc2cccc3c2B(O)OC3)cc1.CC(C)(C)OC(=O)NCc1ccc(N)cc1.O=C(O)CCc1cccc2c1B(O)OC2. The Kier molecular flexibility index (Phi) is 17.7. The Balaban J connectivity index is 0.000000222. The lowest BCUT2D eigenvalue weighted by atomic mass is 9.75. The number of rotatable bonds is 13. The molecule has 6 rings (SSSR count). The molecule has 0 saturated heterocycles. The first kappa shape index (κ1) is 48.2. The van der Waals surface area contributed by atoms with Crippen molar-refractivity contribution in [2.24, 2.45) is 0 Å². The summed E-state index contributed by atoms with van der Waals surface area (Å²) in [5.41, 5.74) is 13.7. The minimum atomic E-state index is -0.898. The lowest BCUT2D eigenvalue weighted by Crippen LogP contribution is -2.32. The zero-order valence-corrected chi connectivity index (χ0v) is 36.0. The largest absolute Gasteiger partial charge is 0.492 e. The first-order valence-electron chi connectivity index (χ1n) is 20.4. The maximum atomic E-state index is 12.4. The first-order chi connectivity index (χ1) is 28.8. The minimum Gasteiger partial charge on any atom is -0.481 e. The second-order valence-electron chi connectivity index (χ2n) is 16.9. The highest BCUT2D eigenvalue weighted by molar-refractivity contribution is 6.62. The van der Waals surface area contributed by atoms with E-state index in [4.69, 9.17) is 29.6 Å². The van der Waals surface area contributed by atoms with Gasteiger partial charge in [0, 0.05) is 37.9 Å². The van der Waals surface area contributed by atoms with Gasteiger partial charge in [0.1, 0.15) is 17.0 Å². The number of nitrogens with one attached hydrogen (secondary N) is 1. The van der Waals surface area contributed by atoms with Crippen molar-refractivity contribution in [1.82, 2.24) is 5.32 Å². The molecule has 4 aromatic carbocycles. The summed E-state index contributed by atoms with van der Waals surface area (Å²) in [7, 11) is -1.79. The third kappa shape index (κ3) is 16.8. The molecular weight excluding hydrogens is 778 g/mol. The van der Waals surface area contributed by atoms with E-state index < -0.39 is 37.5 Å². The fourth-order valence-corrected chi connectivity index (χ4v) is 6.58. The molecule has 0 spiro atoms. The van der Waals surface area contributed by atoms with E-state index in [1.807, 2.05) is 114 Å². The molecule has 0 saturated carbocycles. The summed E-state index contributed by atoms with van der Waals surface area (Å²) < 4.78 is 20.8. The number of carboxylic acid groups (broad SMARTS) is 1. The van der Waals surface area contributed by atoms with Crippen molar-refractivity contribution in [2.45, 2.75) is 117 Å². The molecule has 2 aliphatic heterocycles. The van der Waals surface area contributed by atoms with Crippen LogP contribution in [0.1, 0.15) is 99.7 Å². The van der Waals surface area contributed by atoms with Crippen LogP contribution < -0.4 is 22.0 Å². The van der Waals surface area contributed by atoms with Crippen LogP contribution >= 0.6 is 0 Å². The highest BCUT2D eigenvalue weighted by Gasteiger charge is 2.31. The highest BCUT2D eigenvalue weighted by Crippen LogP contribution is 2.17. The maximum Gasteiger partial charge on any atom is 0.492 e. The molecule has 0 fully saturated rings. The number of nitrogens with two attached hydrogens (primary N) is 1. The fourth-order valence-electron chi connectivity index (χ4n) is 6.58. The molecule has 1 amide bonds. The maximum absolute atomic E-state index is 12.4. The van der Waals surface area contributed by atoms with Crippen LogP contribution in [0.2, 0.25) is 0 Å². The number of aryl methyl sites for hydroxylation is 3. The zero-order chi connectivity index (χ0) is 44.7. The molecule has 324 valence electrons. The number of fused-ring (bicyclic) bond motifs is 2. The van der Waals surface area contributed by atoms with Gasteiger partial charge in [-0.2, -0.15) is 0 Å². The standard InChI is InChI=1S/C24H29BO5.C12H18N2O2.C10H11BO4/c1-24(2,3)30-22(27)14-11-17-7-9-18(10-8-17)15-21(26)13-12-19-5-4-6-20-16-29-25(28)23(19)20;1-12(2,3)16-11(15)14-8-9-4-6-10(13)7-5-9;12-9(13)5-4-7-2-1-3-8-6-15-11(14)10(7)8/h4-10,28H,11-16H2,1-3H3;4-7H,8,13H2,1-3H3,(H,14,15);1-3,14H,4-6H2,(H,12,13). The van der Waals surface area contributed by atoms with Gasteiger partial charge in [-0.15, -0.1) is 0 Å². The number of hydrogen-bond acceptors (Lipinski definition) is 11. The number of esters is 1. The van der Waals surface area contributed by atoms with E-state index in [1.165, 1.54) is 0 Å². The molecule has 2 heterocycles. The number of aliphatic carboxylic acids is 1. The highest BCUT2D eigenvalue weighted by atomic mass is 16.6. The van der Waals surface area contributed by atoms with Gasteiger partial charge in [0.05, 0.1) is 13.2 Å². The molecule has 0 radical (unpaired) electrons. The Morgan fingerprint density at radius 3 is 1.66 bits per heavy atom. The molecule has 61 heavy (non-hydrogen) atoms. The van der Waals surface area contributed by atoms with Gasteiger partial charge in [-0.05, 0) is 123 Å². The van der Waals surface area contributed by atoms with Crippen LogP contribution in [0.25, 0.3) is 0 Å². The summed E-state index contributed by atoms with van der Waals surface area (Å²) in [5.74, 6) is -0.881. The zero-order valence-electron chi connectivity index (χ0n) is 36.0. The Morgan fingerprint density at radius 2 is 1.15 bits per heavy atom. The van der Waals surface area contributed by atoms with Crippen molar-refractivity contribution in [3.05, 3.63) is 124 Å². The molecule has 2 aliphatic rings. The molecule has 0 aliphatic carbocycles. The van der Waals surface area contributed by atoms with E-state index >= 15 is 0 Å². The number of carboxylic acids is 1. The van der Waals surface area contributed by atoms with Gasteiger partial charge < -0.3 is 45.0 Å². The summed E-state index contributed by atoms with van der Waals surface area (Å²) in [6.07, 6.45) is 2.44. The molecule has 4 aromatic rings. The van der Waals surface area contributed by atoms with Crippen LogP contribution in [0.4, 0.5) is 10.5 Å². The lowest BCUT2D eigenvalue weighted by Gasteiger charge is -2.19. The average molecular weight is 837 g/mol. The van der Waals surface area contributed by atoms with Crippen molar-refractivity contribution in [3.63, 3.8) is 0 Å². The van der Waals surface area contributed by atoms with Crippen molar-refractivity contribution < 1.29 is 53.1 Å². The van der Waals surface area contributed by atoms with Crippen molar-refractivity contribution in [2.75, 3.05) is 5.73 Å². The number of hydrogen-bond donors (Lipinski definition) is 5. The number of carbonyl (C=O) groups is 4. The lowest BCUT2D eigenvalue weighted by molar-refractivity contribution is -0.154. The molecule has 0 bridgehead atoms. The monoisotopic (exact) mass is 836 g/mol. The second kappa shape index (κ2) is 22.4. The molecule has 13 nitrogen and oxygen atoms in total. The Bertz CT molecular complexity index is 2100. The number of benzene rings is 4. The normalized spacial score (nSPS) is 12.9. The molecule has 0 aromatic heterocycles. The van der Waals surface area contributed by atoms with E-state index in [-0.39, 0.29) is 18.2 Å². The van der Waals surface area contributed by atoms with Gasteiger partial charge in [0.2, 0.25) is 0 Å². The topological polar surface area (TPSA) is 204 Å². The molecular formula is C46H58B2N2O11. The second-order valence-corrected chi connectivity index (χ2v) is 16.9. The molecule has 15 heteroatoms. The third-order valence-electron chi connectivity index (χ3n) is 9.42. The predicted octanol–water partition coefficient (Wildman–Crippen LogP) is 5.14. The van der Waals surface area contributed by atoms with Crippen LogP contribution in [0.15, 0.2) is 84.9 Å². The van der Waals surface area contributed by atoms with E-state index in [1.54, 1.807) is 12.1 Å². The minimum absolute atomic E-state index is 0.0726. The van der Waals surface area contributed by atoms with Gasteiger partial charge in [0.25, 0.3) is 0 Å². The average Bonchev–Trinajstić information content (AvgIpc) is 3.77.